The van der Waals surface area contributed by atoms with Gasteiger partial charge in [-0.05, 0) is 38.2 Å². The second kappa shape index (κ2) is 6.48. The van der Waals surface area contributed by atoms with E-state index in [9.17, 15) is 4.79 Å². The molecule has 0 unspecified atom stereocenters. The maximum absolute atomic E-state index is 10.9. The van der Waals surface area contributed by atoms with Crippen molar-refractivity contribution in [3.63, 3.8) is 0 Å². The Morgan fingerprint density at radius 1 is 1.19 bits per heavy atom. The zero-order valence-electron chi connectivity index (χ0n) is 10.1. The van der Waals surface area contributed by atoms with E-state index in [1.54, 1.807) is 5.48 Å². The zero-order chi connectivity index (χ0) is 12.0. The van der Waals surface area contributed by atoms with Crippen LogP contribution in [0.4, 0.5) is 0 Å². The summed E-state index contributed by atoms with van der Waals surface area (Å²) in [4.78, 5) is 10.9. The lowest BCUT2D eigenvalue weighted by Crippen LogP contribution is -2.15. The Morgan fingerprint density at radius 3 is 2.38 bits per heavy atom. The second-order valence-corrected chi connectivity index (χ2v) is 4.59. The van der Waals surface area contributed by atoms with Crippen molar-refractivity contribution >= 4 is 5.91 Å². The molecule has 0 atom stereocenters. The number of hydroxylamine groups is 1. The van der Waals surface area contributed by atoms with Gasteiger partial charge in [-0.25, -0.2) is 5.48 Å². The number of allylic oxidation sites excluding steroid dienone is 3. The molecule has 0 aromatic carbocycles. The monoisotopic (exact) mass is 223 g/mol. The second-order valence-electron chi connectivity index (χ2n) is 4.59. The summed E-state index contributed by atoms with van der Waals surface area (Å²) in [5.41, 5.74) is 3.83. The molecule has 1 fully saturated rings. The smallest absolute Gasteiger partial charge is 0.267 e. The van der Waals surface area contributed by atoms with Gasteiger partial charge in [0.2, 0.25) is 0 Å². The molecule has 0 spiro atoms. The van der Waals surface area contributed by atoms with Gasteiger partial charge in [-0.3, -0.25) is 10.0 Å². The van der Waals surface area contributed by atoms with Gasteiger partial charge in [-0.1, -0.05) is 30.9 Å². The zero-order valence-corrected chi connectivity index (χ0v) is 10.1. The highest BCUT2D eigenvalue weighted by Gasteiger charge is 2.14. The highest BCUT2D eigenvalue weighted by Crippen LogP contribution is 2.29. The number of hydrogen-bond donors (Lipinski definition) is 2. The van der Waals surface area contributed by atoms with E-state index in [2.05, 4.69) is 6.92 Å². The summed E-state index contributed by atoms with van der Waals surface area (Å²) in [5.74, 6) is 0.208. The van der Waals surface area contributed by atoms with Crippen LogP contribution < -0.4 is 5.48 Å². The summed E-state index contributed by atoms with van der Waals surface area (Å²) in [5, 5.41) is 8.40. The van der Waals surface area contributed by atoms with E-state index in [1.807, 2.05) is 13.0 Å². The third-order valence-electron chi connectivity index (χ3n) is 3.17. The highest BCUT2D eigenvalue weighted by molar-refractivity contribution is 5.87. The van der Waals surface area contributed by atoms with Crippen molar-refractivity contribution in [2.75, 3.05) is 0 Å². The SMILES string of the molecule is CC(=CC(=O)NO)C=C(C)C1CCCCC1. The summed E-state index contributed by atoms with van der Waals surface area (Å²) in [6.07, 6.45) is 9.97. The van der Waals surface area contributed by atoms with E-state index in [-0.39, 0.29) is 0 Å². The fraction of sp³-hybridized carbons (Fsp3) is 0.615. The highest BCUT2D eigenvalue weighted by atomic mass is 16.5. The number of rotatable bonds is 3. The molecule has 1 aliphatic carbocycles. The molecule has 90 valence electrons. The van der Waals surface area contributed by atoms with Gasteiger partial charge in [0.1, 0.15) is 0 Å². The number of nitrogens with one attached hydrogen (secondary N) is 1. The molecule has 1 amide bonds. The Morgan fingerprint density at radius 2 is 1.81 bits per heavy atom. The van der Waals surface area contributed by atoms with Crippen LogP contribution in [0, 0.1) is 5.92 Å². The standard InChI is InChI=1S/C13H21NO2/c1-10(9-13(15)14-16)8-11(2)12-6-4-3-5-7-12/h8-9,12,16H,3-7H2,1-2H3,(H,14,15). The fourth-order valence-electron chi connectivity index (χ4n) is 2.32. The largest absolute Gasteiger partial charge is 0.288 e. The maximum Gasteiger partial charge on any atom is 0.267 e. The van der Waals surface area contributed by atoms with Gasteiger partial charge >= 0.3 is 0 Å². The van der Waals surface area contributed by atoms with Crippen LogP contribution in [-0.2, 0) is 4.79 Å². The molecule has 1 saturated carbocycles. The molecule has 0 aromatic rings. The van der Waals surface area contributed by atoms with E-state index in [4.69, 9.17) is 5.21 Å². The van der Waals surface area contributed by atoms with E-state index in [0.717, 1.165) is 5.57 Å². The molecule has 0 bridgehead atoms. The van der Waals surface area contributed by atoms with Crippen LogP contribution in [0.1, 0.15) is 46.0 Å². The van der Waals surface area contributed by atoms with Gasteiger partial charge in [0, 0.05) is 6.08 Å². The number of hydrogen-bond acceptors (Lipinski definition) is 2. The topological polar surface area (TPSA) is 49.3 Å². The Balaban J connectivity index is 2.60. The molecule has 2 N–H and O–H groups in total. The molecule has 1 aliphatic rings. The van der Waals surface area contributed by atoms with Gasteiger partial charge in [0.15, 0.2) is 0 Å². The molecular formula is C13H21NO2. The Hall–Kier alpha value is -1.09. The number of amides is 1. The maximum atomic E-state index is 10.9. The first kappa shape index (κ1) is 13.0. The van der Waals surface area contributed by atoms with Crippen LogP contribution in [0.3, 0.4) is 0 Å². The summed E-state index contributed by atoms with van der Waals surface area (Å²) in [6, 6.07) is 0. The van der Waals surface area contributed by atoms with E-state index >= 15 is 0 Å². The first-order chi connectivity index (χ1) is 7.63. The van der Waals surface area contributed by atoms with Crippen molar-refractivity contribution in [1.29, 1.82) is 0 Å². The lowest BCUT2D eigenvalue weighted by molar-refractivity contribution is -0.124. The number of carbonyl (C=O) groups is 1. The quantitative estimate of drug-likeness (QED) is 0.334. The summed E-state index contributed by atoms with van der Waals surface area (Å²) in [6.45, 7) is 4.01. The van der Waals surface area contributed by atoms with Crippen molar-refractivity contribution in [2.45, 2.75) is 46.0 Å². The van der Waals surface area contributed by atoms with Gasteiger partial charge in [0.05, 0.1) is 0 Å². The molecule has 0 aliphatic heterocycles. The molecule has 0 saturated heterocycles. The minimum atomic E-state index is -0.467. The van der Waals surface area contributed by atoms with Crippen molar-refractivity contribution in [2.24, 2.45) is 5.92 Å². The van der Waals surface area contributed by atoms with E-state index < -0.39 is 5.91 Å². The summed E-state index contributed by atoms with van der Waals surface area (Å²) >= 11 is 0. The third kappa shape index (κ3) is 4.19. The normalized spacial score (nSPS) is 19.7. The van der Waals surface area contributed by atoms with Crippen LogP contribution in [0.15, 0.2) is 23.3 Å². The molecule has 3 nitrogen and oxygen atoms in total. The van der Waals surface area contributed by atoms with Crippen molar-refractivity contribution in [3.8, 4) is 0 Å². The van der Waals surface area contributed by atoms with Crippen LogP contribution in [0.25, 0.3) is 0 Å². The lowest BCUT2D eigenvalue weighted by Gasteiger charge is -2.22. The van der Waals surface area contributed by atoms with Crippen molar-refractivity contribution in [3.05, 3.63) is 23.3 Å². The Labute approximate surface area is 97.2 Å². The average Bonchev–Trinajstić information content (AvgIpc) is 2.29. The van der Waals surface area contributed by atoms with Crippen LogP contribution in [0.5, 0.6) is 0 Å². The van der Waals surface area contributed by atoms with Gasteiger partial charge in [-0.15, -0.1) is 0 Å². The summed E-state index contributed by atoms with van der Waals surface area (Å²) in [7, 11) is 0. The van der Waals surface area contributed by atoms with Gasteiger partial charge in [0.25, 0.3) is 5.91 Å². The van der Waals surface area contributed by atoms with Gasteiger partial charge < -0.3 is 0 Å². The first-order valence-corrected chi connectivity index (χ1v) is 5.94. The van der Waals surface area contributed by atoms with E-state index in [0.29, 0.717) is 5.92 Å². The lowest BCUT2D eigenvalue weighted by atomic mass is 9.84. The minimum Gasteiger partial charge on any atom is -0.288 e. The predicted octanol–water partition coefficient (Wildman–Crippen LogP) is 2.96. The Bertz CT molecular complexity index is 299. The molecule has 0 aromatic heterocycles. The van der Waals surface area contributed by atoms with Crippen molar-refractivity contribution < 1.29 is 10.0 Å². The number of carbonyl (C=O) groups excluding carboxylic acids is 1. The first-order valence-electron chi connectivity index (χ1n) is 5.94. The van der Waals surface area contributed by atoms with E-state index in [1.165, 1.54) is 43.8 Å². The third-order valence-corrected chi connectivity index (χ3v) is 3.17. The molecule has 3 heteroatoms. The molecule has 0 heterocycles. The van der Waals surface area contributed by atoms with Crippen LogP contribution >= 0.6 is 0 Å². The van der Waals surface area contributed by atoms with Crippen LogP contribution in [-0.4, -0.2) is 11.1 Å². The average molecular weight is 223 g/mol. The minimum absolute atomic E-state index is 0.467. The molecular weight excluding hydrogens is 202 g/mol. The van der Waals surface area contributed by atoms with Crippen molar-refractivity contribution in [1.82, 2.24) is 5.48 Å². The van der Waals surface area contributed by atoms with Crippen LogP contribution in [0.2, 0.25) is 0 Å². The summed E-state index contributed by atoms with van der Waals surface area (Å²) < 4.78 is 0. The van der Waals surface area contributed by atoms with Gasteiger partial charge in [-0.2, -0.15) is 0 Å². The Kier molecular flexibility index (Phi) is 5.26. The molecule has 1 rings (SSSR count). The fourth-order valence-corrected chi connectivity index (χ4v) is 2.32. The molecule has 16 heavy (non-hydrogen) atoms. The molecule has 0 radical (unpaired) electrons. The predicted molar refractivity (Wildman–Crippen MR) is 64.0 cm³/mol.